The van der Waals surface area contributed by atoms with E-state index in [1.807, 2.05) is 6.92 Å². The molecular formula is C28H44N6O12. The molecule has 0 unspecified atom stereocenters. The summed E-state index contributed by atoms with van der Waals surface area (Å²) in [6.45, 7) is 6.23. The van der Waals surface area contributed by atoms with Crippen LogP contribution in [0.3, 0.4) is 0 Å². The van der Waals surface area contributed by atoms with E-state index in [9.17, 15) is 48.6 Å². The van der Waals surface area contributed by atoms with E-state index in [4.69, 9.17) is 9.47 Å². The van der Waals surface area contributed by atoms with Gasteiger partial charge in [0, 0.05) is 19.6 Å². The zero-order valence-corrected chi connectivity index (χ0v) is 27.1. The van der Waals surface area contributed by atoms with Gasteiger partial charge in [-0.15, -0.1) is 0 Å². The molecule has 0 amide bonds. The highest BCUT2D eigenvalue weighted by Crippen LogP contribution is 2.08. The highest BCUT2D eigenvalue weighted by molar-refractivity contribution is 5.69. The number of carbonyl (C=O) groups excluding carboxylic acids is 2. The van der Waals surface area contributed by atoms with E-state index >= 15 is 0 Å². The smallest absolute Gasteiger partial charge is 0.336 e. The van der Waals surface area contributed by atoms with Crippen molar-refractivity contribution in [3.05, 3.63) is 62.9 Å². The highest BCUT2D eigenvalue weighted by atomic mass is 16.6. The molecule has 0 aromatic carbocycles. The number of esters is 2. The average Bonchev–Trinajstić information content (AvgIpc) is 2.93. The molecule has 18 heteroatoms. The molecule has 18 nitrogen and oxygen atoms in total. The van der Waals surface area contributed by atoms with Crippen LogP contribution in [-0.2, 0) is 58.3 Å². The minimum Gasteiger partial charge on any atom is -0.464 e. The van der Waals surface area contributed by atoms with Gasteiger partial charge >= 0.3 is 46.1 Å². The van der Waals surface area contributed by atoms with E-state index in [-0.39, 0.29) is 19.5 Å². The topological polar surface area (TPSA) is 225 Å². The average molecular weight is 657 g/mol. The quantitative estimate of drug-likeness (QED) is 0.180. The van der Waals surface area contributed by atoms with E-state index in [0.29, 0.717) is 31.1 Å². The van der Waals surface area contributed by atoms with E-state index in [0.717, 1.165) is 9.13 Å². The third kappa shape index (κ3) is 10.1. The standard InChI is InChI=1S/C28H44N6O12/c1-7-8-11-29-21(38)30(23(40)31(22(29)39)13-10-20(37)46-27(2,3)4)12-9-19(36)45-17-15-33-24(41)32(14-16-35)25(42)34(26(33)43)18-28(5,6)44/h35,44H,7-18H2,1-6H3. The number of aliphatic hydroxyl groups is 2. The molecule has 0 fully saturated rings. The Bertz CT molecular complexity index is 1760. The molecule has 2 N–H and O–H groups in total. The Balaban J connectivity index is 2.27. The largest absolute Gasteiger partial charge is 0.464 e. The second-order valence-corrected chi connectivity index (χ2v) is 12.2. The maximum Gasteiger partial charge on any atom is 0.336 e. The lowest BCUT2D eigenvalue weighted by Gasteiger charge is -2.20. The molecule has 0 aliphatic rings. The predicted molar refractivity (Wildman–Crippen MR) is 163 cm³/mol. The van der Waals surface area contributed by atoms with Crippen LogP contribution >= 0.6 is 0 Å². The Morgan fingerprint density at radius 3 is 1.48 bits per heavy atom. The summed E-state index contributed by atoms with van der Waals surface area (Å²) in [5.74, 6) is -1.57. The summed E-state index contributed by atoms with van der Waals surface area (Å²) < 4.78 is 14.5. The number of aromatic nitrogens is 6. The first-order valence-electron chi connectivity index (χ1n) is 14.9. The van der Waals surface area contributed by atoms with Crippen LogP contribution in [0.4, 0.5) is 0 Å². The van der Waals surface area contributed by atoms with Gasteiger partial charge in [-0.05, 0) is 41.0 Å². The van der Waals surface area contributed by atoms with Crippen molar-refractivity contribution in [3.8, 4) is 0 Å². The van der Waals surface area contributed by atoms with Crippen molar-refractivity contribution >= 4 is 11.9 Å². The summed E-state index contributed by atoms with van der Waals surface area (Å²) in [5, 5.41) is 19.4. The number of ether oxygens (including phenoxy) is 2. The maximum atomic E-state index is 13.1. The minimum absolute atomic E-state index is 0.00348. The highest BCUT2D eigenvalue weighted by Gasteiger charge is 2.23. The van der Waals surface area contributed by atoms with Crippen LogP contribution in [0.15, 0.2) is 28.8 Å². The molecule has 0 atom stereocenters. The molecule has 0 aliphatic carbocycles. The van der Waals surface area contributed by atoms with Crippen LogP contribution in [-0.4, -0.2) is 74.0 Å². The molecule has 0 bridgehead atoms. The Kier molecular flexibility index (Phi) is 13.0. The predicted octanol–water partition coefficient (Wildman–Crippen LogP) is -2.41. The van der Waals surface area contributed by atoms with E-state index in [1.165, 1.54) is 13.8 Å². The molecular weight excluding hydrogens is 612 g/mol. The normalized spacial score (nSPS) is 11.9. The minimum atomic E-state index is -1.50. The fraction of sp³-hybridized carbons (Fsp3) is 0.714. The Morgan fingerprint density at radius 2 is 1.04 bits per heavy atom. The van der Waals surface area contributed by atoms with Crippen LogP contribution in [0.5, 0.6) is 0 Å². The Hall–Kier alpha value is -4.32. The van der Waals surface area contributed by atoms with Crippen LogP contribution in [0.1, 0.15) is 67.2 Å². The number of rotatable bonds is 16. The van der Waals surface area contributed by atoms with Crippen molar-refractivity contribution in [3.63, 3.8) is 0 Å². The monoisotopic (exact) mass is 656 g/mol. The fourth-order valence-electron chi connectivity index (χ4n) is 4.38. The molecule has 0 saturated carbocycles. The molecule has 0 aliphatic heterocycles. The van der Waals surface area contributed by atoms with Crippen molar-refractivity contribution in [1.82, 2.24) is 27.4 Å². The van der Waals surface area contributed by atoms with Gasteiger partial charge in [0.05, 0.1) is 44.7 Å². The summed E-state index contributed by atoms with van der Waals surface area (Å²) in [6.07, 6.45) is 0.265. The van der Waals surface area contributed by atoms with Gasteiger partial charge in [-0.1, -0.05) is 13.3 Å². The SMILES string of the molecule is CCCCn1c(=O)n(CCC(=O)OCCn2c(=O)n(CCO)c(=O)n(CC(C)(C)O)c2=O)c(=O)n(CCC(=O)OC(C)(C)C)c1=O. The number of nitrogens with zero attached hydrogens (tertiary/aromatic N) is 6. The maximum absolute atomic E-state index is 13.1. The second-order valence-electron chi connectivity index (χ2n) is 12.2. The lowest BCUT2D eigenvalue weighted by Crippen LogP contribution is -2.56. The van der Waals surface area contributed by atoms with Gasteiger partial charge < -0.3 is 19.7 Å². The third-order valence-electron chi connectivity index (χ3n) is 6.45. The number of unbranched alkanes of at least 4 members (excludes halogenated alkanes) is 1. The van der Waals surface area contributed by atoms with E-state index < -0.39 is 103 Å². The van der Waals surface area contributed by atoms with Crippen molar-refractivity contribution in [1.29, 1.82) is 0 Å². The number of hydrogen-bond acceptors (Lipinski definition) is 12. The number of aliphatic hydroxyl groups excluding tert-OH is 1. The lowest BCUT2D eigenvalue weighted by molar-refractivity contribution is -0.155. The van der Waals surface area contributed by atoms with Gasteiger partial charge in [-0.25, -0.2) is 56.2 Å². The first kappa shape index (κ1) is 37.9. The molecule has 2 rings (SSSR count). The molecule has 46 heavy (non-hydrogen) atoms. The third-order valence-corrected chi connectivity index (χ3v) is 6.45. The zero-order chi connectivity index (χ0) is 35.0. The Labute approximate surface area is 262 Å². The van der Waals surface area contributed by atoms with E-state index in [1.54, 1.807) is 20.8 Å². The van der Waals surface area contributed by atoms with Crippen LogP contribution < -0.4 is 34.1 Å². The number of carbonyl (C=O) groups is 2. The first-order chi connectivity index (χ1) is 21.3. The number of hydrogen-bond donors (Lipinski definition) is 2. The van der Waals surface area contributed by atoms with Crippen molar-refractivity contribution in [2.24, 2.45) is 0 Å². The molecule has 0 spiro atoms. The lowest BCUT2D eigenvalue weighted by atomic mass is 10.1. The van der Waals surface area contributed by atoms with Crippen LogP contribution in [0.2, 0.25) is 0 Å². The summed E-state index contributed by atoms with van der Waals surface area (Å²) in [7, 11) is 0. The second kappa shape index (κ2) is 15.8. The van der Waals surface area contributed by atoms with Gasteiger partial charge in [-0.2, -0.15) is 0 Å². The van der Waals surface area contributed by atoms with Gasteiger partial charge in [0.1, 0.15) is 12.2 Å². The van der Waals surface area contributed by atoms with Gasteiger partial charge in [0.2, 0.25) is 0 Å². The summed E-state index contributed by atoms with van der Waals surface area (Å²) >= 11 is 0. The van der Waals surface area contributed by atoms with Gasteiger partial charge in [-0.3, -0.25) is 9.59 Å². The molecule has 2 heterocycles. The summed E-state index contributed by atoms with van der Waals surface area (Å²) in [4.78, 5) is 102. The first-order valence-corrected chi connectivity index (χ1v) is 14.9. The van der Waals surface area contributed by atoms with E-state index in [2.05, 4.69) is 0 Å². The van der Waals surface area contributed by atoms with Crippen molar-refractivity contribution in [2.75, 3.05) is 13.2 Å². The molecule has 0 radical (unpaired) electrons. The van der Waals surface area contributed by atoms with Crippen LogP contribution in [0.25, 0.3) is 0 Å². The van der Waals surface area contributed by atoms with Crippen molar-refractivity contribution < 1.29 is 29.3 Å². The summed E-state index contributed by atoms with van der Waals surface area (Å²) in [5.41, 5.74) is -8.28. The Morgan fingerprint density at radius 1 is 0.630 bits per heavy atom. The molecule has 2 aromatic heterocycles. The molecule has 0 saturated heterocycles. The van der Waals surface area contributed by atoms with Gasteiger partial charge in [0.15, 0.2) is 0 Å². The fourth-order valence-corrected chi connectivity index (χ4v) is 4.38. The molecule has 258 valence electrons. The molecule has 2 aromatic rings. The summed E-state index contributed by atoms with van der Waals surface area (Å²) in [6, 6.07) is 0. The zero-order valence-electron chi connectivity index (χ0n) is 27.1. The van der Waals surface area contributed by atoms with Gasteiger partial charge in [0.25, 0.3) is 0 Å². The van der Waals surface area contributed by atoms with Crippen molar-refractivity contribution in [2.45, 2.75) is 118 Å². The van der Waals surface area contributed by atoms with Crippen LogP contribution in [0, 0.1) is 0 Å².